The predicted octanol–water partition coefficient (Wildman–Crippen LogP) is 2.55. The minimum absolute atomic E-state index is 0.740. The molecule has 6 heteroatoms. The van der Waals surface area contributed by atoms with Gasteiger partial charge in [-0.2, -0.15) is 9.61 Å². The minimum atomic E-state index is 0.740. The van der Waals surface area contributed by atoms with Crippen molar-refractivity contribution in [1.82, 2.24) is 14.6 Å². The van der Waals surface area contributed by atoms with Crippen LogP contribution in [0.4, 0.5) is 5.82 Å². The molecule has 0 saturated carbocycles. The number of aryl methyl sites for hydroxylation is 1. The lowest BCUT2D eigenvalue weighted by Gasteiger charge is -2.29. The van der Waals surface area contributed by atoms with Gasteiger partial charge in [-0.3, -0.25) is 0 Å². The van der Waals surface area contributed by atoms with Gasteiger partial charge in [-0.05, 0) is 19.1 Å². The van der Waals surface area contributed by atoms with Crippen LogP contribution in [0, 0.1) is 6.92 Å². The van der Waals surface area contributed by atoms with Crippen LogP contribution in [0.5, 0.6) is 5.75 Å². The first-order valence-electron chi connectivity index (χ1n) is 8.10. The molecule has 1 fully saturated rings. The van der Waals surface area contributed by atoms with E-state index in [4.69, 9.17) is 14.6 Å². The van der Waals surface area contributed by atoms with Crippen LogP contribution < -0.4 is 9.64 Å². The third-order valence-electron chi connectivity index (χ3n) is 4.25. The van der Waals surface area contributed by atoms with Crippen LogP contribution in [0.2, 0.25) is 0 Å². The van der Waals surface area contributed by atoms with Gasteiger partial charge in [0, 0.05) is 36.5 Å². The Labute approximate surface area is 140 Å². The number of hydrogen-bond donors (Lipinski definition) is 0. The molecule has 1 aliphatic rings. The Bertz CT molecular complexity index is 869. The van der Waals surface area contributed by atoms with E-state index in [1.165, 1.54) is 0 Å². The highest BCUT2D eigenvalue weighted by atomic mass is 16.5. The Kier molecular flexibility index (Phi) is 3.82. The third kappa shape index (κ3) is 2.59. The molecule has 0 spiro atoms. The van der Waals surface area contributed by atoms with Crippen molar-refractivity contribution in [2.75, 3.05) is 38.3 Å². The fourth-order valence-electron chi connectivity index (χ4n) is 3.09. The van der Waals surface area contributed by atoms with Crippen LogP contribution in [0.1, 0.15) is 5.69 Å². The molecule has 4 rings (SSSR count). The van der Waals surface area contributed by atoms with Crippen molar-refractivity contribution >= 4 is 11.5 Å². The molecule has 0 atom stereocenters. The number of rotatable bonds is 3. The molecule has 0 aliphatic carbocycles. The molecule has 2 aromatic heterocycles. The van der Waals surface area contributed by atoms with E-state index < -0.39 is 0 Å². The molecular formula is C18H20N4O2. The lowest BCUT2D eigenvalue weighted by Crippen LogP contribution is -2.37. The second kappa shape index (κ2) is 6.13. The summed E-state index contributed by atoms with van der Waals surface area (Å²) in [5.41, 5.74) is 3.66. The molecule has 6 nitrogen and oxygen atoms in total. The maximum absolute atomic E-state index is 5.47. The van der Waals surface area contributed by atoms with Gasteiger partial charge in [-0.25, -0.2) is 4.98 Å². The summed E-state index contributed by atoms with van der Waals surface area (Å²) >= 11 is 0. The zero-order chi connectivity index (χ0) is 16.5. The number of hydrogen-bond acceptors (Lipinski definition) is 5. The molecule has 1 aromatic carbocycles. The van der Waals surface area contributed by atoms with Gasteiger partial charge in [0.1, 0.15) is 11.6 Å². The third-order valence-corrected chi connectivity index (χ3v) is 4.25. The topological polar surface area (TPSA) is 51.9 Å². The summed E-state index contributed by atoms with van der Waals surface area (Å²) < 4.78 is 12.9. The van der Waals surface area contributed by atoms with Crippen molar-refractivity contribution in [3.8, 4) is 17.0 Å². The average Bonchev–Trinajstić information content (AvgIpc) is 3.05. The predicted molar refractivity (Wildman–Crippen MR) is 92.7 cm³/mol. The Hall–Kier alpha value is -2.60. The van der Waals surface area contributed by atoms with Crippen LogP contribution in [-0.4, -0.2) is 48.0 Å². The van der Waals surface area contributed by atoms with Crippen molar-refractivity contribution in [2.45, 2.75) is 6.92 Å². The molecule has 0 unspecified atom stereocenters. The second-order valence-corrected chi connectivity index (χ2v) is 5.86. The molecule has 124 valence electrons. The van der Waals surface area contributed by atoms with E-state index >= 15 is 0 Å². The maximum atomic E-state index is 5.47. The van der Waals surface area contributed by atoms with E-state index in [2.05, 4.69) is 16.0 Å². The quantitative estimate of drug-likeness (QED) is 0.741. The SMILES string of the molecule is COc1ccccc1-c1cc2nc(C)cc(N3CCOCC3)n2n1. The number of benzene rings is 1. The molecule has 3 heterocycles. The van der Waals surface area contributed by atoms with Gasteiger partial charge in [-0.1, -0.05) is 12.1 Å². The average molecular weight is 324 g/mol. The first-order chi connectivity index (χ1) is 11.8. The lowest BCUT2D eigenvalue weighted by atomic mass is 10.1. The Morgan fingerprint density at radius 3 is 2.71 bits per heavy atom. The number of para-hydroxylation sites is 1. The van der Waals surface area contributed by atoms with Crippen molar-refractivity contribution in [3.63, 3.8) is 0 Å². The van der Waals surface area contributed by atoms with Gasteiger partial charge in [0.05, 0.1) is 26.0 Å². The van der Waals surface area contributed by atoms with Gasteiger partial charge in [-0.15, -0.1) is 0 Å². The summed E-state index contributed by atoms with van der Waals surface area (Å²) in [5.74, 6) is 1.87. The summed E-state index contributed by atoms with van der Waals surface area (Å²) in [4.78, 5) is 6.93. The minimum Gasteiger partial charge on any atom is -0.496 e. The van der Waals surface area contributed by atoms with Gasteiger partial charge < -0.3 is 14.4 Å². The molecule has 24 heavy (non-hydrogen) atoms. The highest BCUT2D eigenvalue weighted by Crippen LogP contribution is 2.30. The zero-order valence-electron chi connectivity index (χ0n) is 13.9. The molecule has 0 bridgehead atoms. The van der Waals surface area contributed by atoms with Gasteiger partial charge in [0.25, 0.3) is 0 Å². The first-order valence-corrected chi connectivity index (χ1v) is 8.10. The van der Waals surface area contributed by atoms with Gasteiger partial charge in [0.2, 0.25) is 0 Å². The zero-order valence-corrected chi connectivity index (χ0v) is 13.9. The van der Waals surface area contributed by atoms with Crippen LogP contribution in [-0.2, 0) is 4.74 Å². The van der Waals surface area contributed by atoms with Crippen LogP contribution >= 0.6 is 0 Å². The van der Waals surface area contributed by atoms with E-state index in [1.807, 2.05) is 41.8 Å². The monoisotopic (exact) mass is 324 g/mol. The number of morpholine rings is 1. The van der Waals surface area contributed by atoms with Crippen molar-refractivity contribution < 1.29 is 9.47 Å². The van der Waals surface area contributed by atoms with E-state index in [-0.39, 0.29) is 0 Å². The number of aromatic nitrogens is 3. The maximum Gasteiger partial charge on any atom is 0.158 e. The smallest absolute Gasteiger partial charge is 0.158 e. The molecule has 0 radical (unpaired) electrons. The highest BCUT2D eigenvalue weighted by Gasteiger charge is 2.18. The Balaban J connectivity index is 1.85. The highest BCUT2D eigenvalue weighted by molar-refractivity contribution is 5.71. The number of fused-ring (bicyclic) bond motifs is 1. The largest absolute Gasteiger partial charge is 0.496 e. The number of ether oxygens (including phenoxy) is 2. The fourth-order valence-corrected chi connectivity index (χ4v) is 3.09. The number of methoxy groups -OCH3 is 1. The molecular weight excluding hydrogens is 304 g/mol. The number of nitrogens with zero attached hydrogens (tertiary/aromatic N) is 4. The van der Waals surface area contributed by atoms with Crippen LogP contribution in [0.3, 0.4) is 0 Å². The van der Waals surface area contributed by atoms with Crippen LogP contribution in [0.25, 0.3) is 16.9 Å². The number of anilines is 1. The molecule has 1 aliphatic heterocycles. The summed E-state index contributed by atoms with van der Waals surface area (Å²) in [6.45, 7) is 5.22. The lowest BCUT2D eigenvalue weighted by molar-refractivity contribution is 0.122. The summed E-state index contributed by atoms with van der Waals surface area (Å²) in [6, 6.07) is 12.0. The first kappa shape index (κ1) is 15.0. The Morgan fingerprint density at radius 1 is 1.12 bits per heavy atom. The van der Waals surface area contributed by atoms with E-state index in [0.29, 0.717) is 0 Å². The standard InChI is InChI=1S/C18H20N4O2/c1-13-11-18(21-7-9-24-10-8-21)22-17(19-13)12-15(20-22)14-5-3-4-6-16(14)23-2/h3-6,11-12H,7-10H2,1-2H3. The Morgan fingerprint density at radius 2 is 1.92 bits per heavy atom. The normalized spacial score (nSPS) is 15.0. The molecule has 0 amide bonds. The fraction of sp³-hybridized carbons (Fsp3) is 0.333. The van der Waals surface area contributed by atoms with Crippen molar-refractivity contribution in [3.05, 3.63) is 42.1 Å². The van der Waals surface area contributed by atoms with Crippen molar-refractivity contribution in [1.29, 1.82) is 0 Å². The molecule has 1 saturated heterocycles. The molecule has 0 N–H and O–H groups in total. The summed E-state index contributed by atoms with van der Waals surface area (Å²) in [7, 11) is 1.68. The van der Waals surface area contributed by atoms with Gasteiger partial charge in [0.15, 0.2) is 5.65 Å². The van der Waals surface area contributed by atoms with Crippen molar-refractivity contribution in [2.24, 2.45) is 0 Å². The van der Waals surface area contributed by atoms with E-state index in [9.17, 15) is 0 Å². The van der Waals surface area contributed by atoms with E-state index in [1.54, 1.807) is 7.11 Å². The van der Waals surface area contributed by atoms with Crippen LogP contribution in [0.15, 0.2) is 36.4 Å². The van der Waals surface area contributed by atoms with Gasteiger partial charge >= 0.3 is 0 Å². The summed E-state index contributed by atoms with van der Waals surface area (Å²) in [5, 5.41) is 4.80. The summed E-state index contributed by atoms with van der Waals surface area (Å²) in [6.07, 6.45) is 0. The molecule has 3 aromatic rings. The second-order valence-electron chi connectivity index (χ2n) is 5.86. The van der Waals surface area contributed by atoms with E-state index in [0.717, 1.165) is 60.5 Å².